The van der Waals surface area contributed by atoms with Gasteiger partial charge in [0.2, 0.25) is 0 Å². The molecule has 1 aliphatic carbocycles. The second-order valence-electron chi connectivity index (χ2n) is 5.59. The number of pyridine rings is 1. The highest BCUT2D eigenvalue weighted by Crippen LogP contribution is 2.42. The molecule has 4 rings (SSSR count). The molecule has 2 heterocycles. The molecule has 0 amide bonds. The zero-order chi connectivity index (χ0) is 13.5. The quantitative estimate of drug-likeness (QED) is 0.791. The van der Waals surface area contributed by atoms with Crippen LogP contribution in [0.4, 0.5) is 0 Å². The van der Waals surface area contributed by atoms with Gasteiger partial charge in [-0.05, 0) is 36.1 Å². The van der Waals surface area contributed by atoms with Crippen molar-refractivity contribution in [3.63, 3.8) is 0 Å². The Morgan fingerprint density at radius 2 is 1.90 bits per heavy atom. The van der Waals surface area contributed by atoms with Gasteiger partial charge < -0.3 is 0 Å². The third-order valence-corrected chi connectivity index (χ3v) is 4.47. The van der Waals surface area contributed by atoms with Crippen LogP contribution >= 0.6 is 0 Å². The van der Waals surface area contributed by atoms with Gasteiger partial charge in [0.1, 0.15) is 0 Å². The molecule has 3 nitrogen and oxygen atoms in total. The van der Waals surface area contributed by atoms with Gasteiger partial charge in [0.25, 0.3) is 0 Å². The zero-order valence-electron chi connectivity index (χ0n) is 11.5. The van der Waals surface area contributed by atoms with E-state index in [1.165, 1.54) is 28.8 Å². The molecule has 1 aromatic heterocycles. The number of benzene rings is 1. The number of fused-ring (bicyclic) bond motifs is 3. The number of hydrazone groups is 1. The van der Waals surface area contributed by atoms with Gasteiger partial charge in [-0.3, -0.25) is 9.99 Å². The first-order valence-electron chi connectivity index (χ1n) is 7.14. The smallest absolute Gasteiger partial charge is 0.0802 e. The maximum Gasteiger partial charge on any atom is 0.0802 e. The molecule has 2 unspecified atom stereocenters. The molecule has 2 atom stereocenters. The zero-order valence-corrected chi connectivity index (χ0v) is 11.5. The van der Waals surface area contributed by atoms with Crippen LogP contribution in [0.15, 0.2) is 53.9 Å². The lowest BCUT2D eigenvalue weighted by atomic mass is 9.77. The van der Waals surface area contributed by atoms with Crippen LogP contribution in [0.2, 0.25) is 0 Å². The minimum absolute atomic E-state index is 0.348. The third-order valence-electron chi connectivity index (χ3n) is 4.47. The van der Waals surface area contributed by atoms with E-state index in [0.717, 1.165) is 6.42 Å². The van der Waals surface area contributed by atoms with Crippen LogP contribution in [0, 0.1) is 5.92 Å². The van der Waals surface area contributed by atoms with Gasteiger partial charge in [-0.15, -0.1) is 0 Å². The summed E-state index contributed by atoms with van der Waals surface area (Å²) >= 11 is 0. The molecule has 0 bridgehead atoms. The Labute approximate surface area is 119 Å². The number of hydrogen-bond acceptors (Lipinski definition) is 3. The maximum atomic E-state index is 4.84. The Balaban J connectivity index is 1.77. The molecule has 1 aromatic carbocycles. The van der Waals surface area contributed by atoms with Gasteiger partial charge in [0.05, 0.1) is 11.8 Å². The van der Waals surface area contributed by atoms with E-state index in [2.05, 4.69) is 53.4 Å². The first-order chi connectivity index (χ1) is 9.84. The minimum Gasteiger partial charge on any atom is -0.292 e. The van der Waals surface area contributed by atoms with Crippen molar-refractivity contribution in [1.29, 1.82) is 0 Å². The van der Waals surface area contributed by atoms with Crippen LogP contribution < -0.4 is 0 Å². The second-order valence-corrected chi connectivity index (χ2v) is 5.59. The van der Waals surface area contributed by atoms with Crippen molar-refractivity contribution in [1.82, 2.24) is 9.99 Å². The van der Waals surface area contributed by atoms with Crippen molar-refractivity contribution in [3.05, 3.63) is 65.5 Å². The predicted octanol–water partition coefficient (Wildman–Crippen LogP) is 3.03. The molecule has 100 valence electrons. The van der Waals surface area contributed by atoms with Crippen molar-refractivity contribution < 1.29 is 0 Å². The molecule has 0 saturated carbocycles. The summed E-state index contributed by atoms with van der Waals surface area (Å²) in [6.45, 7) is 0. The topological polar surface area (TPSA) is 28.5 Å². The summed E-state index contributed by atoms with van der Waals surface area (Å²) in [5, 5.41) is 6.96. The Hall–Kier alpha value is -2.16. The van der Waals surface area contributed by atoms with Crippen LogP contribution in [-0.2, 0) is 6.42 Å². The second kappa shape index (κ2) is 4.44. The van der Waals surface area contributed by atoms with Gasteiger partial charge >= 0.3 is 0 Å². The number of nitrogens with zero attached hydrogens (tertiary/aromatic N) is 3. The van der Waals surface area contributed by atoms with Crippen LogP contribution in [0.3, 0.4) is 0 Å². The van der Waals surface area contributed by atoms with Crippen LogP contribution in [0.1, 0.15) is 29.2 Å². The fourth-order valence-corrected chi connectivity index (χ4v) is 3.57. The summed E-state index contributed by atoms with van der Waals surface area (Å²) in [6.07, 6.45) is 6.07. The van der Waals surface area contributed by atoms with Gasteiger partial charge in [-0.2, -0.15) is 5.10 Å². The maximum absolute atomic E-state index is 4.84. The van der Waals surface area contributed by atoms with E-state index in [4.69, 9.17) is 5.10 Å². The highest BCUT2D eigenvalue weighted by atomic mass is 15.5. The Kier molecular flexibility index (Phi) is 2.59. The molecular formula is C17H17N3. The summed E-state index contributed by atoms with van der Waals surface area (Å²) in [5.41, 5.74) is 5.35. The normalized spacial score (nSPS) is 24.1. The average Bonchev–Trinajstić information content (AvgIpc) is 2.84. The van der Waals surface area contributed by atoms with E-state index in [1.54, 1.807) is 0 Å². The van der Waals surface area contributed by atoms with E-state index < -0.39 is 0 Å². The average molecular weight is 263 g/mol. The lowest BCUT2D eigenvalue weighted by Crippen LogP contribution is -2.27. The third kappa shape index (κ3) is 1.66. The standard InChI is InChI=1S/C17H17N3/c1-20-17(13-8-10-18-11-9-13)15-7-6-12-4-2-3-5-14(12)16(15)19-20/h2-5,8-11,15,17H,6-7H2,1H3. The highest BCUT2D eigenvalue weighted by Gasteiger charge is 2.39. The van der Waals surface area contributed by atoms with E-state index in [9.17, 15) is 0 Å². The largest absolute Gasteiger partial charge is 0.292 e. The molecule has 1 aliphatic heterocycles. The lowest BCUT2D eigenvalue weighted by Gasteiger charge is -2.28. The summed E-state index contributed by atoms with van der Waals surface area (Å²) in [4.78, 5) is 4.13. The number of aryl methyl sites for hydroxylation is 1. The van der Waals surface area contributed by atoms with E-state index in [0.29, 0.717) is 12.0 Å². The molecular weight excluding hydrogens is 246 g/mol. The van der Waals surface area contributed by atoms with Crippen molar-refractivity contribution in [2.75, 3.05) is 7.05 Å². The van der Waals surface area contributed by atoms with Gasteiger partial charge in [0.15, 0.2) is 0 Å². The fraction of sp³-hybridized carbons (Fsp3) is 0.294. The Morgan fingerprint density at radius 1 is 1.10 bits per heavy atom. The SMILES string of the molecule is CN1N=C2c3ccccc3CCC2C1c1ccncc1. The molecule has 0 spiro atoms. The predicted molar refractivity (Wildman–Crippen MR) is 79.5 cm³/mol. The molecule has 0 saturated heterocycles. The number of rotatable bonds is 1. The van der Waals surface area contributed by atoms with E-state index >= 15 is 0 Å². The number of aromatic nitrogens is 1. The van der Waals surface area contributed by atoms with Gasteiger partial charge in [-0.25, -0.2) is 0 Å². The summed E-state index contributed by atoms with van der Waals surface area (Å²) < 4.78 is 0. The van der Waals surface area contributed by atoms with Crippen molar-refractivity contribution >= 4 is 5.71 Å². The first-order valence-corrected chi connectivity index (χ1v) is 7.14. The van der Waals surface area contributed by atoms with E-state index in [1.807, 2.05) is 12.4 Å². The van der Waals surface area contributed by atoms with Crippen molar-refractivity contribution in [3.8, 4) is 0 Å². The molecule has 0 fully saturated rings. The van der Waals surface area contributed by atoms with Crippen molar-refractivity contribution in [2.45, 2.75) is 18.9 Å². The summed E-state index contributed by atoms with van der Waals surface area (Å²) in [5.74, 6) is 0.497. The first kappa shape index (κ1) is 11.6. The summed E-state index contributed by atoms with van der Waals surface area (Å²) in [7, 11) is 2.08. The van der Waals surface area contributed by atoms with Crippen molar-refractivity contribution in [2.24, 2.45) is 11.0 Å². The van der Waals surface area contributed by atoms with Gasteiger partial charge in [0, 0.05) is 30.9 Å². The number of hydrogen-bond donors (Lipinski definition) is 0. The minimum atomic E-state index is 0.348. The van der Waals surface area contributed by atoms with Crippen LogP contribution in [0.25, 0.3) is 0 Å². The van der Waals surface area contributed by atoms with E-state index in [-0.39, 0.29) is 0 Å². The van der Waals surface area contributed by atoms with Crippen LogP contribution in [-0.4, -0.2) is 22.8 Å². The fourth-order valence-electron chi connectivity index (χ4n) is 3.57. The Morgan fingerprint density at radius 3 is 2.75 bits per heavy atom. The molecule has 0 radical (unpaired) electrons. The highest BCUT2D eigenvalue weighted by molar-refractivity contribution is 6.05. The van der Waals surface area contributed by atoms with Gasteiger partial charge in [-0.1, -0.05) is 24.3 Å². The van der Waals surface area contributed by atoms with Crippen LogP contribution in [0.5, 0.6) is 0 Å². The molecule has 2 aromatic rings. The Bertz CT molecular complexity index is 663. The monoisotopic (exact) mass is 263 g/mol. The summed E-state index contributed by atoms with van der Waals surface area (Å²) in [6, 6.07) is 13.3. The molecule has 0 N–H and O–H groups in total. The molecule has 20 heavy (non-hydrogen) atoms. The lowest BCUT2D eigenvalue weighted by molar-refractivity contribution is 0.243. The molecule has 3 heteroatoms. The molecule has 2 aliphatic rings.